The molecular weight excluding hydrogens is 319 g/mol. The molecule has 4 rings (SSSR count). The molecule has 25 heavy (non-hydrogen) atoms. The first kappa shape index (κ1) is 15.5. The molecule has 1 aliphatic heterocycles. The van der Waals surface area contributed by atoms with E-state index in [0.717, 1.165) is 28.1 Å². The van der Waals surface area contributed by atoms with Crippen LogP contribution in [0.1, 0.15) is 12.6 Å². The standard InChI is InChI=1S/C19H17FN4O/c1-13(25)23-10-11-24-17(12-23)18(14-6-8-21-9-7-14)19(22-24)15-2-4-16(20)5-3-15/h2-9H,10-12H2,1H3. The third kappa shape index (κ3) is 2.80. The molecule has 0 unspecified atom stereocenters. The normalized spacial score (nSPS) is 13.6. The minimum absolute atomic E-state index is 0.0523. The summed E-state index contributed by atoms with van der Waals surface area (Å²) in [6, 6.07) is 10.2. The Balaban J connectivity index is 1.90. The zero-order valence-electron chi connectivity index (χ0n) is 13.8. The van der Waals surface area contributed by atoms with E-state index < -0.39 is 0 Å². The number of halogens is 1. The lowest BCUT2D eigenvalue weighted by Crippen LogP contribution is -2.37. The van der Waals surface area contributed by atoms with E-state index in [4.69, 9.17) is 5.10 Å². The molecule has 0 spiro atoms. The maximum Gasteiger partial charge on any atom is 0.219 e. The average Bonchev–Trinajstić information content (AvgIpc) is 3.01. The summed E-state index contributed by atoms with van der Waals surface area (Å²) in [6.45, 7) is 3.39. The Morgan fingerprint density at radius 3 is 2.44 bits per heavy atom. The van der Waals surface area contributed by atoms with Crippen molar-refractivity contribution < 1.29 is 9.18 Å². The smallest absolute Gasteiger partial charge is 0.219 e. The van der Waals surface area contributed by atoms with Crippen LogP contribution in [-0.2, 0) is 17.9 Å². The van der Waals surface area contributed by atoms with Gasteiger partial charge in [-0.15, -0.1) is 0 Å². The van der Waals surface area contributed by atoms with E-state index in [2.05, 4.69) is 4.98 Å². The van der Waals surface area contributed by atoms with Crippen molar-refractivity contribution in [2.24, 2.45) is 0 Å². The van der Waals surface area contributed by atoms with Crippen molar-refractivity contribution in [3.05, 3.63) is 60.3 Å². The number of hydrogen-bond donors (Lipinski definition) is 0. The largest absolute Gasteiger partial charge is 0.335 e. The van der Waals surface area contributed by atoms with Crippen LogP contribution in [0.25, 0.3) is 22.4 Å². The van der Waals surface area contributed by atoms with Gasteiger partial charge in [-0.1, -0.05) is 0 Å². The number of hydrogen-bond acceptors (Lipinski definition) is 3. The van der Waals surface area contributed by atoms with Crippen molar-refractivity contribution in [1.82, 2.24) is 19.7 Å². The van der Waals surface area contributed by atoms with Gasteiger partial charge >= 0.3 is 0 Å². The third-order valence-corrected chi connectivity index (χ3v) is 4.51. The fourth-order valence-corrected chi connectivity index (χ4v) is 3.22. The minimum Gasteiger partial charge on any atom is -0.335 e. The summed E-state index contributed by atoms with van der Waals surface area (Å²) >= 11 is 0. The fourth-order valence-electron chi connectivity index (χ4n) is 3.22. The lowest BCUT2D eigenvalue weighted by atomic mass is 9.99. The first-order chi connectivity index (χ1) is 12.1. The first-order valence-electron chi connectivity index (χ1n) is 8.15. The quantitative estimate of drug-likeness (QED) is 0.722. The van der Waals surface area contributed by atoms with E-state index in [0.29, 0.717) is 19.6 Å². The summed E-state index contributed by atoms with van der Waals surface area (Å²) in [5, 5.41) is 4.76. The number of carbonyl (C=O) groups is 1. The van der Waals surface area contributed by atoms with Crippen LogP contribution < -0.4 is 0 Å². The predicted octanol–water partition coefficient (Wildman–Crippen LogP) is 3.11. The second kappa shape index (κ2) is 6.12. The summed E-state index contributed by atoms with van der Waals surface area (Å²) in [5.41, 5.74) is 4.60. The van der Waals surface area contributed by atoms with E-state index in [1.807, 2.05) is 21.7 Å². The number of rotatable bonds is 2. The molecule has 0 radical (unpaired) electrons. The molecule has 1 amide bonds. The Morgan fingerprint density at radius 1 is 1.04 bits per heavy atom. The highest BCUT2D eigenvalue weighted by molar-refractivity contribution is 5.83. The van der Waals surface area contributed by atoms with E-state index in [1.165, 1.54) is 12.1 Å². The summed E-state index contributed by atoms with van der Waals surface area (Å²) in [5.74, 6) is -0.225. The molecule has 0 fully saturated rings. The maximum absolute atomic E-state index is 13.3. The third-order valence-electron chi connectivity index (χ3n) is 4.51. The zero-order chi connectivity index (χ0) is 17.4. The van der Waals surface area contributed by atoms with E-state index >= 15 is 0 Å². The lowest BCUT2D eigenvalue weighted by Gasteiger charge is -2.27. The summed E-state index contributed by atoms with van der Waals surface area (Å²) < 4.78 is 15.3. The predicted molar refractivity (Wildman–Crippen MR) is 91.9 cm³/mol. The Kier molecular flexibility index (Phi) is 3.80. The Bertz CT molecular complexity index is 919. The molecule has 3 aromatic rings. The number of aromatic nitrogens is 3. The minimum atomic E-state index is -0.277. The SMILES string of the molecule is CC(=O)N1CCn2nc(-c3ccc(F)cc3)c(-c3ccncc3)c2C1. The van der Waals surface area contributed by atoms with Gasteiger partial charge in [0.15, 0.2) is 0 Å². The molecule has 1 aromatic carbocycles. The number of amides is 1. The van der Waals surface area contributed by atoms with Gasteiger partial charge in [0, 0.05) is 37.0 Å². The van der Waals surface area contributed by atoms with Crippen LogP contribution in [0, 0.1) is 5.82 Å². The van der Waals surface area contributed by atoms with Crippen molar-refractivity contribution in [1.29, 1.82) is 0 Å². The molecule has 5 nitrogen and oxygen atoms in total. The molecule has 0 N–H and O–H groups in total. The van der Waals surface area contributed by atoms with Crippen molar-refractivity contribution in [3.8, 4) is 22.4 Å². The van der Waals surface area contributed by atoms with Crippen molar-refractivity contribution in [2.75, 3.05) is 6.54 Å². The molecule has 0 atom stereocenters. The first-order valence-corrected chi connectivity index (χ1v) is 8.15. The van der Waals surface area contributed by atoms with E-state index in [9.17, 15) is 9.18 Å². The van der Waals surface area contributed by atoms with Crippen molar-refractivity contribution in [3.63, 3.8) is 0 Å². The summed E-state index contributed by atoms with van der Waals surface area (Å²) in [7, 11) is 0. The topological polar surface area (TPSA) is 51.0 Å². The fraction of sp³-hybridized carbons (Fsp3) is 0.211. The molecular formula is C19H17FN4O. The molecule has 1 aliphatic rings. The van der Waals surface area contributed by atoms with Gasteiger partial charge in [-0.25, -0.2) is 4.39 Å². The number of fused-ring (bicyclic) bond motifs is 1. The molecule has 126 valence electrons. The molecule has 2 aromatic heterocycles. The van der Waals surface area contributed by atoms with Gasteiger partial charge in [0.05, 0.1) is 18.8 Å². The molecule has 0 saturated carbocycles. The second-order valence-electron chi connectivity index (χ2n) is 6.08. The van der Waals surface area contributed by atoms with Crippen LogP contribution in [-0.4, -0.2) is 32.1 Å². The number of pyridine rings is 1. The number of nitrogens with zero attached hydrogens (tertiary/aromatic N) is 4. The molecule has 6 heteroatoms. The number of benzene rings is 1. The van der Waals surface area contributed by atoms with E-state index in [-0.39, 0.29) is 11.7 Å². The van der Waals surface area contributed by atoms with Gasteiger partial charge in [-0.05, 0) is 42.0 Å². The Labute approximate surface area is 144 Å². The van der Waals surface area contributed by atoms with Gasteiger partial charge in [-0.3, -0.25) is 14.5 Å². The maximum atomic E-state index is 13.3. The highest BCUT2D eigenvalue weighted by atomic mass is 19.1. The molecule has 0 bridgehead atoms. The van der Waals surface area contributed by atoms with Gasteiger partial charge in [-0.2, -0.15) is 5.10 Å². The van der Waals surface area contributed by atoms with Gasteiger partial charge in [0.25, 0.3) is 0 Å². The van der Waals surface area contributed by atoms with Crippen molar-refractivity contribution in [2.45, 2.75) is 20.0 Å². The van der Waals surface area contributed by atoms with Crippen LogP contribution >= 0.6 is 0 Å². The van der Waals surface area contributed by atoms with Gasteiger partial charge in [0.2, 0.25) is 5.91 Å². The van der Waals surface area contributed by atoms with Crippen LogP contribution in [0.15, 0.2) is 48.8 Å². The summed E-state index contributed by atoms with van der Waals surface area (Å²) in [4.78, 5) is 17.7. The van der Waals surface area contributed by atoms with Gasteiger partial charge < -0.3 is 4.90 Å². The van der Waals surface area contributed by atoms with Crippen LogP contribution in [0.3, 0.4) is 0 Å². The van der Waals surface area contributed by atoms with Crippen LogP contribution in [0.5, 0.6) is 0 Å². The van der Waals surface area contributed by atoms with Crippen LogP contribution in [0.4, 0.5) is 4.39 Å². The monoisotopic (exact) mass is 336 g/mol. The molecule has 0 aliphatic carbocycles. The lowest BCUT2D eigenvalue weighted by molar-refractivity contribution is -0.130. The van der Waals surface area contributed by atoms with E-state index in [1.54, 1.807) is 31.5 Å². The summed E-state index contributed by atoms with van der Waals surface area (Å²) in [6.07, 6.45) is 3.47. The molecule has 3 heterocycles. The van der Waals surface area contributed by atoms with Crippen molar-refractivity contribution >= 4 is 5.91 Å². The highest BCUT2D eigenvalue weighted by Gasteiger charge is 2.26. The number of carbonyl (C=O) groups excluding carboxylic acids is 1. The van der Waals surface area contributed by atoms with Crippen LogP contribution in [0.2, 0.25) is 0 Å². The molecule has 0 saturated heterocycles. The van der Waals surface area contributed by atoms with Gasteiger partial charge in [0.1, 0.15) is 11.5 Å². The Morgan fingerprint density at radius 2 is 1.76 bits per heavy atom. The average molecular weight is 336 g/mol. The Hall–Kier alpha value is -3.02. The second-order valence-corrected chi connectivity index (χ2v) is 6.08. The zero-order valence-corrected chi connectivity index (χ0v) is 13.8. The highest BCUT2D eigenvalue weighted by Crippen LogP contribution is 2.36.